The first-order valence-electron chi connectivity index (χ1n) is 22.3. The van der Waals surface area contributed by atoms with Crippen LogP contribution in [0, 0.1) is 0 Å². The van der Waals surface area contributed by atoms with E-state index in [1.165, 1.54) is 57.8 Å². The average molecular weight is 860 g/mol. The van der Waals surface area contributed by atoms with Crippen molar-refractivity contribution in [2.75, 3.05) is 65.9 Å². The summed E-state index contributed by atoms with van der Waals surface area (Å²) in [5.41, 5.74) is -1.14. The van der Waals surface area contributed by atoms with E-state index in [2.05, 4.69) is 16.0 Å². The normalized spacial score (nSPS) is 12.1. The molecular formula is C44H81N3O13. The van der Waals surface area contributed by atoms with Crippen molar-refractivity contribution in [1.82, 2.24) is 16.0 Å². The fourth-order valence-corrected chi connectivity index (χ4v) is 5.84. The number of unbranched alkanes of at least 4 members (excludes halogenated alkanes) is 14. The monoisotopic (exact) mass is 860 g/mol. The Morgan fingerprint density at radius 3 is 1.35 bits per heavy atom. The molecule has 0 aliphatic carbocycles. The van der Waals surface area contributed by atoms with E-state index in [1.54, 1.807) is 20.8 Å². The van der Waals surface area contributed by atoms with Gasteiger partial charge in [0.2, 0.25) is 17.7 Å². The topological polar surface area (TPSA) is 214 Å². The molecule has 0 aromatic heterocycles. The van der Waals surface area contributed by atoms with E-state index >= 15 is 0 Å². The maximum absolute atomic E-state index is 12.9. The molecule has 0 rings (SSSR count). The molecule has 0 unspecified atom stereocenters. The van der Waals surface area contributed by atoms with Gasteiger partial charge in [-0.25, -0.2) is 9.59 Å². The van der Waals surface area contributed by atoms with Gasteiger partial charge in [0, 0.05) is 32.4 Å². The van der Waals surface area contributed by atoms with E-state index in [1.807, 2.05) is 20.8 Å². The highest BCUT2D eigenvalue weighted by molar-refractivity contribution is 5.85. The smallest absolute Gasteiger partial charge is 0.329 e. The highest BCUT2D eigenvalue weighted by atomic mass is 16.6. The molecule has 0 fully saturated rings. The molecule has 0 radical (unpaired) electrons. The van der Waals surface area contributed by atoms with Crippen molar-refractivity contribution in [2.45, 2.75) is 181 Å². The number of amides is 3. The molecule has 60 heavy (non-hydrogen) atoms. The lowest BCUT2D eigenvalue weighted by atomic mass is 10.0. The summed E-state index contributed by atoms with van der Waals surface area (Å²) in [4.78, 5) is 72.0. The zero-order chi connectivity index (χ0) is 44.9. The Kier molecular flexibility index (Phi) is 34.3. The Labute approximate surface area is 360 Å². The highest BCUT2D eigenvalue weighted by Crippen LogP contribution is 2.16. The number of hydrogen-bond acceptors (Lipinski definition) is 12. The van der Waals surface area contributed by atoms with E-state index in [0.717, 1.165) is 38.5 Å². The van der Waals surface area contributed by atoms with E-state index in [-0.39, 0.29) is 102 Å². The highest BCUT2D eigenvalue weighted by Gasteiger charge is 2.27. The molecule has 1 atom stereocenters. The zero-order valence-electron chi connectivity index (χ0n) is 37.9. The quantitative estimate of drug-likeness (QED) is 0.0416. The van der Waals surface area contributed by atoms with Crippen LogP contribution in [0.3, 0.4) is 0 Å². The Bertz CT molecular complexity index is 1170. The lowest BCUT2D eigenvalue weighted by Gasteiger charge is -2.24. The third kappa shape index (κ3) is 41.4. The molecule has 4 N–H and O–H groups in total. The number of esters is 2. The number of ether oxygens (including phenoxy) is 6. The van der Waals surface area contributed by atoms with Crippen molar-refractivity contribution >= 4 is 35.6 Å². The fraction of sp³-hybridized carbons (Fsp3) is 0.864. The summed E-state index contributed by atoms with van der Waals surface area (Å²) in [6.45, 7) is 12.2. The largest absolute Gasteiger partial charge is 0.480 e. The standard InChI is InChI=1S/C44H81N3O13/c1-43(2,3)59-41(53)23-21-19-17-15-13-11-9-7-8-10-12-14-16-18-20-22-38(49)47-36(42(54)60-44(4,5)6)24-25-37(48)45-26-28-55-30-32-57-34-39(50)46-27-29-56-31-33-58-35-40(51)52/h36H,7-35H2,1-6H3,(H,45,48)(H,46,50)(H,47,49)(H,51,52)/t36-/m0/s1. The Morgan fingerprint density at radius 2 is 0.883 bits per heavy atom. The second kappa shape index (κ2) is 36.3. The Hall–Kier alpha value is -3.34. The Balaban J connectivity index is 3.98. The second-order valence-electron chi connectivity index (χ2n) is 17.0. The fourth-order valence-electron chi connectivity index (χ4n) is 5.84. The predicted octanol–water partition coefficient (Wildman–Crippen LogP) is 5.95. The second-order valence-corrected chi connectivity index (χ2v) is 17.0. The molecule has 0 spiro atoms. The number of nitrogens with one attached hydrogen (secondary N) is 3. The minimum absolute atomic E-state index is 0.0185. The van der Waals surface area contributed by atoms with Crippen LogP contribution >= 0.6 is 0 Å². The minimum atomic E-state index is -1.05. The summed E-state index contributed by atoms with van der Waals surface area (Å²) in [7, 11) is 0. The third-order valence-electron chi connectivity index (χ3n) is 8.73. The van der Waals surface area contributed by atoms with Crippen LogP contribution in [0.1, 0.15) is 164 Å². The number of hydrogen-bond donors (Lipinski definition) is 4. The van der Waals surface area contributed by atoms with Gasteiger partial charge in [-0.1, -0.05) is 83.5 Å². The number of carbonyl (C=O) groups excluding carboxylic acids is 5. The molecule has 3 amide bonds. The maximum Gasteiger partial charge on any atom is 0.329 e. The van der Waals surface area contributed by atoms with Crippen LogP contribution in [0.25, 0.3) is 0 Å². The van der Waals surface area contributed by atoms with Crippen LogP contribution in [0.2, 0.25) is 0 Å². The molecule has 350 valence electrons. The summed E-state index contributed by atoms with van der Waals surface area (Å²) in [6, 6.07) is -0.929. The molecule has 0 heterocycles. The van der Waals surface area contributed by atoms with Gasteiger partial charge in [0.1, 0.15) is 30.5 Å². The average Bonchev–Trinajstić information content (AvgIpc) is 3.15. The molecule has 0 aliphatic heterocycles. The number of carbonyl (C=O) groups is 6. The first-order chi connectivity index (χ1) is 28.5. The van der Waals surface area contributed by atoms with E-state index in [4.69, 9.17) is 33.5 Å². The number of carboxylic acids is 1. The predicted molar refractivity (Wildman–Crippen MR) is 228 cm³/mol. The van der Waals surface area contributed by atoms with Gasteiger partial charge in [-0.2, -0.15) is 0 Å². The van der Waals surface area contributed by atoms with Gasteiger partial charge in [-0.3, -0.25) is 19.2 Å². The van der Waals surface area contributed by atoms with Crippen LogP contribution in [-0.4, -0.2) is 124 Å². The van der Waals surface area contributed by atoms with Gasteiger partial charge in [-0.05, 0) is 60.8 Å². The van der Waals surface area contributed by atoms with Crippen LogP contribution in [0.4, 0.5) is 0 Å². The lowest BCUT2D eigenvalue weighted by Crippen LogP contribution is -2.44. The molecule has 16 nitrogen and oxygen atoms in total. The van der Waals surface area contributed by atoms with Gasteiger partial charge in [0.05, 0.1) is 39.6 Å². The SMILES string of the molecule is CC(C)(C)OC(=O)CCCCCCCCCCCCCCCCCC(=O)N[C@@H](CCC(=O)NCCOCCOCC(=O)NCCOCCOCC(=O)O)C(=O)OC(C)(C)C. The molecule has 0 saturated heterocycles. The van der Waals surface area contributed by atoms with Crippen molar-refractivity contribution in [3.8, 4) is 0 Å². The first kappa shape index (κ1) is 56.7. The summed E-state index contributed by atoms with van der Waals surface area (Å²) >= 11 is 0. The van der Waals surface area contributed by atoms with Crippen molar-refractivity contribution in [3.63, 3.8) is 0 Å². The molecule has 16 heteroatoms. The van der Waals surface area contributed by atoms with Gasteiger partial charge in [0.15, 0.2) is 0 Å². The van der Waals surface area contributed by atoms with Crippen LogP contribution in [0.15, 0.2) is 0 Å². The van der Waals surface area contributed by atoms with Crippen molar-refractivity contribution in [2.24, 2.45) is 0 Å². The van der Waals surface area contributed by atoms with Crippen LogP contribution in [-0.2, 0) is 57.2 Å². The van der Waals surface area contributed by atoms with Crippen LogP contribution in [0.5, 0.6) is 0 Å². The molecule has 0 aliphatic rings. The summed E-state index contributed by atoms with van der Waals surface area (Å²) in [6.07, 6.45) is 18.0. The maximum atomic E-state index is 12.9. The molecule has 0 saturated carbocycles. The van der Waals surface area contributed by atoms with E-state index < -0.39 is 29.2 Å². The van der Waals surface area contributed by atoms with Gasteiger partial charge in [-0.15, -0.1) is 0 Å². The van der Waals surface area contributed by atoms with Crippen molar-refractivity contribution in [3.05, 3.63) is 0 Å². The van der Waals surface area contributed by atoms with E-state index in [0.29, 0.717) is 12.8 Å². The van der Waals surface area contributed by atoms with Crippen molar-refractivity contribution < 1.29 is 62.3 Å². The summed E-state index contributed by atoms with van der Waals surface area (Å²) < 4.78 is 31.6. The minimum Gasteiger partial charge on any atom is -0.480 e. The molecule has 0 aromatic carbocycles. The summed E-state index contributed by atoms with van der Waals surface area (Å²) in [5, 5.41) is 16.6. The summed E-state index contributed by atoms with van der Waals surface area (Å²) in [5.74, 6) is -2.55. The van der Waals surface area contributed by atoms with E-state index in [9.17, 15) is 28.8 Å². The number of rotatable bonds is 39. The third-order valence-corrected chi connectivity index (χ3v) is 8.73. The van der Waals surface area contributed by atoms with Gasteiger partial charge >= 0.3 is 17.9 Å². The van der Waals surface area contributed by atoms with Gasteiger partial charge in [0.25, 0.3) is 0 Å². The van der Waals surface area contributed by atoms with Crippen molar-refractivity contribution in [1.29, 1.82) is 0 Å². The zero-order valence-corrected chi connectivity index (χ0v) is 37.9. The Morgan fingerprint density at radius 1 is 0.467 bits per heavy atom. The molecule has 0 aromatic rings. The number of carboxylic acid groups (broad SMARTS) is 1. The lowest BCUT2D eigenvalue weighted by molar-refractivity contribution is -0.159. The molecular weight excluding hydrogens is 778 g/mol. The van der Waals surface area contributed by atoms with Crippen LogP contribution < -0.4 is 16.0 Å². The number of aliphatic carboxylic acids is 1. The van der Waals surface area contributed by atoms with Gasteiger partial charge < -0.3 is 49.5 Å². The molecule has 0 bridgehead atoms. The first-order valence-corrected chi connectivity index (χ1v) is 22.3.